The minimum atomic E-state index is -0.0419. The third-order valence-electron chi connectivity index (χ3n) is 5.25. The molecule has 1 saturated heterocycles. The molecule has 2 heterocycles. The predicted octanol–water partition coefficient (Wildman–Crippen LogP) is 1.13. The molecule has 2 amide bonds. The number of carbonyl (C=O) groups excluding carboxylic acids is 3. The van der Waals surface area contributed by atoms with Crippen molar-refractivity contribution in [3.8, 4) is 0 Å². The van der Waals surface area contributed by atoms with Crippen molar-refractivity contribution >= 4 is 17.6 Å². The number of fused-ring (bicyclic) bond motifs is 1. The molecule has 0 spiro atoms. The van der Waals surface area contributed by atoms with Crippen LogP contribution in [0.15, 0.2) is 0 Å². The summed E-state index contributed by atoms with van der Waals surface area (Å²) in [7, 11) is 0. The molecule has 0 bridgehead atoms. The minimum absolute atomic E-state index is 0.0398. The second-order valence-electron chi connectivity index (χ2n) is 7.17. The lowest BCUT2D eigenvalue weighted by atomic mass is 9.93. The molecule has 0 unspecified atom stereocenters. The number of aromatic amines is 1. The van der Waals surface area contributed by atoms with Gasteiger partial charge in [0, 0.05) is 50.4 Å². The van der Waals surface area contributed by atoms with Gasteiger partial charge < -0.3 is 15.2 Å². The van der Waals surface area contributed by atoms with E-state index in [1.54, 1.807) is 0 Å². The molecule has 0 atom stereocenters. The van der Waals surface area contributed by atoms with Gasteiger partial charge in [0.15, 0.2) is 5.78 Å². The Morgan fingerprint density at radius 3 is 2.54 bits per heavy atom. The fraction of sp³-hybridized carbons (Fsp3) is 0.632. The van der Waals surface area contributed by atoms with E-state index in [-0.39, 0.29) is 17.6 Å². The standard InChI is InChI=1S/C19H28N4O3/c1-3-7-20-16(25)12-22-8-10-23(11-9-22)19(26)18-13(2)17-14(21-18)5-4-6-15(17)24/h21H,3-12H2,1-2H3,(H,20,25). The summed E-state index contributed by atoms with van der Waals surface area (Å²) in [6.45, 7) is 7.53. The number of aromatic nitrogens is 1. The highest BCUT2D eigenvalue weighted by molar-refractivity contribution is 6.04. The molecular formula is C19H28N4O3. The number of ketones is 1. The van der Waals surface area contributed by atoms with E-state index < -0.39 is 0 Å². The molecule has 26 heavy (non-hydrogen) atoms. The summed E-state index contributed by atoms with van der Waals surface area (Å²) < 4.78 is 0. The Morgan fingerprint density at radius 1 is 1.15 bits per heavy atom. The first kappa shape index (κ1) is 18.6. The lowest BCUT2D eigenvalue weighted by Gasteiger charge is -2.34. The van der Waals surface area contributed by atoms with Crippen LogP contribution in [0, 0.1) is 6.92 Å². The molecule has 1 fully saturated rings. The number of amides is 2. The molecule has 1 aromatic rings. The predicted molar refractivity (Wildman–Crippen MR) is 98.4 cm³/mol. The molecule has 7 nitrogen and oxygen atoms in total. The third kappa shape index (κ3) is 3.82. The zero-order valence-corrected chi connectivity index (χ0v) is 15.7. The van der Waals surface area contributed by atoms with Crippen molar-refractivity contribution in [2.45, 2.75) is 39.5 Å². The zero-order chi connectivity index (χ0) is 18.7. The van der Waals surface area contributed by atoms with Crippen LogP contribution in [-0.2, 0) is 11.2 Å². The lowest BCUT2D eigenvalue weighted by molar-refractivity contribution is -0.122. The molecule has 2 N–H and O–H groups in total. The fourth-order valence-corrected chi connectivity index (χ4v) is 3.78. The van der Waals surface area contributed by atoms with Crippen molar-refractivity contribution in [2.24, 2.45) is 0 Å². The summed E-state index contributed by atoms with van der Waals surface area (Å²) in [5.74, 6) is 0.139. The summed E-state index contributed by atoms with van der Waals surface area (Å²) in [4.78, 5) is 44.0. The Morgan fingerprint density at radius 2 is 1.88 bits per heavy atom. The number of hydrogen-bond donors (Lipinski definition) is 2. The molecular weight excluding hydrogens is 332 g/mol. The third-order valence-corrected chi connectivity index (χ3v) is 5.25. The van der Waals surface area contributed by atoms with E-state index >= 15 is 0 Å². The summed E-state index contributed by atoms with van der Waals surface area (Å²) in [5, 5.41) is 2.88. The van der Waals surface area contributed by atoms with Gasteiger partial charge in [0.05, 0.1) is 6.54 Å². The molecule has 0 aromatic carbocycles. The topological polar surface area (TPSA) is 85.5 Å². The Balaban J connectivity index is 1.59. The first-order valence-electron chi connectivity index (χ1n) is 9.54. The maximum absolute atomic E-state index is 12.9. The van der Waals surface area contributed by atoms with Gasteiger partial charge in [-0.05, 0) is 31.7 Å². The average molecular weight is 360 g/mol. The SMILES string of the molecule is CCCNC(=O)CN1CCN(C(=O)c2[nH]c3c(c2C)C(=O)CCC3)CC1. The van der Waals surface area contributed by atoms with Gasteiger partial charge in [-0.15, -0.1) is 0 Å². The molecule has 2 aliphatic rings. The van der Waals surface area contributed by atoms with E-state index in [0.717, 1.165) is 36.1 Å². The van der Waals surface area contributed by atoms with E-state index in [0.29, 0.717) is 51.4 Å². The molecule has 3 rings (SSSR count). The van der Waals surface area contributed by atoms with Gasteiger partial charge in [-0.1, -0.05) is 6.92 Å². The van der Waals surface area contributed by atoms with Crippen LogP contribution in [0.4, 0.5) is 0 Å². The van der Waals surface area contributed by atoms with Crippen LogP contribution in [0.1, 0.15) is 58.3 Å². The molecule has 1 aromatic heterocycles. The Bertz CT molecular complexity index is 702. The van der Waals surface area contributed by atoms with Crippen LogP contribution < -0.4 is 5.32 Å². The smallest absolute Gasteiger partial charge is 0.270 e. The highest BCUT2D eigenvalue weighted by atomic mass is 16.2. The summed E-state index contributed by atoms with van der Waals surface area (Å²) in [6.07, 6.45) is 3.17. The normalized spacial score (nSPS) is 17.9. The molecule has 0 radical (unpaired) electrons. The first-order chi connectivity index (χ1) is 12.5. The van der Waals surface area contributed by atoms with Crippen LogP contribution in [0.2, 0.25) is 0 Å². The second kappa shape index (κ2) is 8.03. The van der Waals surface area contributed by atoms with Crippen molar-refractivity contribution < 1.29 is 14.4 Å². The van der Waals surface area contributed by atoms with Crippen LogP contribution in [0.25, 0.3) is 0 Å². The number of Topliss-reactive ketones (excluding diaryl/α,β-unsaturated/α-hetero) is 1. The Hall–Kier alpha value is -2.15. The highest BCUT2D eigenvalue weighted by Gasteiger charge is 2.30. The minimum Gasteiger partial charge on any atom is -0.355 e. The summed E-state index contributed by atoms with van der Waals surface area (Å²) >= 11 is 0. The van der Waals surface area contributed by atoms with Gasteiger partial charge in [0.2, 0.25) is 5.91 Å². The average Bonchev–Trinajstić information content (AvgIpc) is 2.98. The number of hydrogen-bond acceptors (Lipinski definition) is 4. The van der Waals surface area contributed by atoms with E-state index in [2.05, 4.69) is 15.2 Å². The largest absolute Gasteiger partial charge is 0.355 e. The van der Waals surface area contributed by atoms with Crippen molar-refractivity contribution in [3.05, 3.63) is 22.5 Å². The highest BCUT2D eigenvalue weighted by Crippen LogP contribution is 2.27. The van der Waals surface area contributed by atoms with E-state index in [1.807, 2.05) is 18.7 Å². The number of nitrogens with one attached hydrogen (secondary N) is 2. The van der Waals surface area contributed by atoms with E-state index in [1.165, 1.54) is 0 Å². The number of piperazine rings is 1. The number of aryl methyl sites for hydroxylation is 1. The summed E-state index contributed by atoms with van der Waals surface area (Å²) in [6, 6.07) is 0. The Kier molecular flexibility index (Phi) is 5.76. The van der Waals surface area contributed by atoms with Crippen molar-refractivity contribution in [1.82, 2.24) is 20.1 Å². The second-order valence-corrected chi connectivity index (χ2v) is 7.17. The van der Waals surface area contributed by atoms with E-state index in [4.69, 9.17) is 0 Å². The van der Waals surface area contributed by atoms with Gasteiger partial charge in [-0.3, -0.25) is 19.3 Å². The molecule has 1 aliphatic heterocycles. The molecule has 142 valence electrons. The number of nitrogens with zero attached hydrogens (tertiary/aromatic N) is 2. The van der Waals surface area contributed by atoms with Crippen molar-refractivity contribution in [1.29, 1.82) is 0 Å². The van der Waals surface area contributed by atoms with Crippen molar-refractivity contribution in [2.75, 3.05) is 39.3 Å². The zero-order valence-electron chi connectivity index (χ0n) is 15.7. The molecule has 1 aliphatic carbocycles. The summed E-state index contributed by atoms with van der Waals surface area (Å²) in [5.41, 5.74) is 2.98. The first-order valence-corrected chi connectivity index (χ1v) is 9.54. The van der Waals surface area contributed by atoms with Gasteiger partial charge in [0.1, 0.15) is 5.69 Å². The maximum atomic E-state index is 12.9. The maximum Gasteiger partial charge on any atom is 0.270 e. The van der Waals surface area contributed by atoms with E-state index in [9.17, 15) is 14.4 Å². The number of H-pyrrole nitrogens is 1. The van der Waals surface area contributed by atoms with Crippen LogP contribution in [0.5, 0.6) is 0 Å². The fourth-order valence-electron chi connectivity index (χ4n) is 3.78. The molecule has 0 saturated carbocycles. The van der Waals surface area contributed by atoms with Crippen LogP contribution in [-0.4, -0.2) is 71.6 Å². The quantitative estimate of drug-likeness (QED) is 0.824. The van der Waals surface area contributed by atoms with Gasteiger partial charge >= 0.3 is 0 Å². The lowest BCUT2D eigenvalue weighted by Crippen LogP contribution is -2.51. The van der Waals surface area contributed by atoms with Crippen molar-refractivity contribution in [3.63, 3.8) is 0 Å². The van der Waals surface area contributed by atoms with Crippen LogP contribution in [0.3, 0.4) is 0 Å². The van der Waals surface area contributed by atoms with Crippen LogP contribution >= 0.6 is 0 Å². The number of carbonyl (C=O) groups is 3. The Labute approximate surface area is 154 Å². The van der Waals surface area contributed by atoms with Gasteiger partial charge in [0.25, 0.3) is 5.91 Å². The molecule has 7 heteroatoms. The monoisotopic (exact) mass is 360 g/mol. The number of rotatable bonds is 5. The van der Waals surface area contributed by atoms with Gasteiger partial charge in [-0.2, -0.15) is 0 Å². The van der Waals surface area contributed by atoms with Gasteiger partial charge in [-0.25, -0.2) is 0 Å².